The topological polar surface area (TPSA) is 176 Å². The van der Waals surface area contributed by atoms with E-state index >= 15 is 0 Å². The van der Waals surface area contributed by atoms with E-state index in [0.717, 1.165) is 64.2 Å². The van der Waals surface area contributed by atoms with E-state index in [9.17, 15) is 0 Å². The van der Waals surface area contributed by atoms with E-state index in [1.54, 1.807) is 0 Å². The minimum atomic E-state index is -4.99. The second kappa shape index (κ2) is 20.7. The Morgan fingerprint density at radius 3 is 0.677 bits per heavy atom. The Morgan fingerprint density at radius 2 is 0.516 bits per heavy atom. The van der Waals surface area contributed by atoms with E-state index in [2.05, 4.69) is 0 Å². The normalized spacial score (nSPS) is 13.4. The number of rotatable bonds is 25. The third-order valence-corrected chi connectivity index (χ3v) is 10.8. The molecule has 190 valence electrons. The third kappa shape index (κ3) is 14.8. The van der Waals surface area contributed by atoms with Crippen LogP contribution >= 0.6 is 0 Å². The first-order valence-corrected chi connectivity index (χ1v) is 15.7. The standard InChI is InChI=1S/C20H50AsN5O5/c22-11-1-6-16-27-21(28-17-7-2-12-23,29-18-8-3-13-24,30-19-9-4-14-25)31-20-10-5-15-26/h1-20,22-26H2. The van der Waals surface area contributed by atoms with Gasteiger partial charge in [0, 0.05) is 0 Å². The van der Waals surface area contributed by atoms with Crippen molar-refractivity contribution < 1.29 is 18.6 Å². The second-order valence-corrected chi connectivity index (χ2v) is 13.2. The average Bonchev–Trinajstić information content (AvgIpc) is 2.78. The summed E-state index contributed by atoms with van der Waals surface area (Å²) in [6.45, 7) is 4.92. The molecule has 0 aromatic rings. The van der Waals surface area contributed by atoms with E-state index < -0.39 is 14.2 Å². The van der Waals surface area contributed by atoms with Crippen LogP contribution in [-0.2, 0) is 18.6 Å². The molecule has 0 aromatic carbocycles. The summed E-state index contributed by atoms with van der Waals surface area (Å²) in [6.07, 6.45) is 8.01. The molecule has 11 heteroatoms. The van der Waals surface area contributed by atoms with Crippen LogP contribution in [0.25, 0.3) is 0 Å². The molecule has 0 radical (unpaired) electrons. The zero-order valence-corrected chi connectivity index (χ0v) is 21.4. The molecule has 0 unspecified atom stereocenters. The Balaban J connectivity index is 5.60. The summed E-state index contributed by atoms with van der Waals surface area (Å²) in [7, 11) is 0. The average molecular weight is 516 g/mol. The fourth-order valence-corrected chi connectivity index (χ4v) is 8.72. The maximum absolute atomic E-state index is 6.35. The van der Waals surface area contributed by atoms with Gasteiger partial charge in [-0.1, -0.05) is 0 Å². The van der Waals surface area contributed by atoms with Crippen molar-refractivity contribution in [2.75, 3.05) is 65.8 Å². The van der Waals surface area contributed by atoms with Crippen LogP contribution < -0.4 is 28.7 Å². The maximum atomic E-state index is 6.35. The van der Waals surface area contributed by atoms with Gasteiger partial charge in [-0.2, -0.15) is 0 Å². The van der Waals surface area contributed by atoms with Gasteiger partial charge in [0.1, 0.15) is 0 Å². The molecule has 10 nitrogen and oxygen atoms in total. The molecule has 0 aromatic heterocycles. The fraction of sp³-hybridized carbons (Fsp3) is 1.00. The first-order valence-electron chi connectivity index (χ1n) is 11.9. The van der Waals surface area contributed by atoms with Gasteiger partial charge in [0.25, 0.3) is 0 Å². The fourth-order valence-electron chi connectivity index (χ4n) is 2.67. The van der Waals surface area contributed by atoms with Crippen LogP contribution in [0.15, 0.2) is 0 Å². The molecule has 0 aliphatic rings. The van der Waals surface area contributed by atoms with Crippen LogP contribution in [0.2, 0.25) is 0 Å². The van der Waals surface area contributed by atoms with E-state index in [1.807, 2.05) is 0 Å². The molecule has 10 N–H and O–H groups in total. The predicted octanol–water partition coefficient (Wildman–Crippen LogP) is 0.650. The van der Waals surface area contributed by atoms with Crippen molar-refractivity contribution in [2.45, 2.75) is 64.2 Å². The van der Waals surface area contributed by atoms with Gasteiger partial charge in [-0.3, -0.25) is 0 Å². The Hall–Kier alpha value is 0.158. The zero-order valence-electron chi connectivity index (χ0n) is 19.5. The Morgan fingerprint density at radius 1 is 0.323 bits per heavy atom. The molecule has 0 saturated heterocycles. The van der Waals surface area contributed by atoms with Crippen molar-refractivity contribution >= 4 is 14.2 Å². The van der Waals surface area contributed by atoms with Gasteiger partial charge in [0.05, 0.1) is 0 Å². The first-order chi connectivity index (χ1) is 15.1. The summed E-state index contributed by atoms with van der Waals surface area (Å²) in [5.41, 5.74) is 28.3. The van der Waals surface area contributed by atoms with Gasteiger partial charge in [-0.15, -0.1) is 0 Å². The van der Waals surface area contributed by atoms with Crippen LogP contribution in [0.4, 0.5) is 0 Å². The van der Waals surface area contributed by atoms with Crippen molar-refractivity contribution in [3.05, 3.63) is 0 Å². The molecule has 0 rings (SSSR count). The summed E-state index contributed by atoms with van der Waals surface area (Å²) in [5, 5.41) is 0. The summed E-state index contributed by atoms with van der Waals surface area (Å²) in [4.78, 5) is 0. The van der Waals surface area contributed by atoms with Crippen LogP contribution in [0.3, 0.4) is 0 Å². The molecular weight excluding hydrogens is 465 g/mol. The molecule has 0 saturated carbocycles. The van der Waals surface area contributed by atoms with Gasteiger partial charge < -0.3 is 0 Å². The quantitative estimate of drug-likeness (QED) is 0.0857. The molecule has 31 heavy (non-hydrogen) atoms. The van der Waals surface area contributed by atoms with Gasteiger partial charge in [0.2, 0.25) is 0 Å². The molecule has 0 bridgehead atoms. The van der Waals surface area contributed by atoms with Crippen molar-refractivity contribution in [2.24, 2.45) is 28.7 Å². The molecule has 0 heterocycles. The molecular formula is C20H50AsN5O5. The van der Waals surface area contributed by atoms with Crippen LogP contribution in [0.1, 0.15) is 64.2 Å². The minimum absolute atomic E-state index is 0.393. The molecule has 0 aliphatic carbocycles. The monoisotopic (exact) mass is 515 g/mol. The number of unbranched alkanes of at least 4 members (excludes halogenated alkanes) is 5. The van der Waals surface area contributed by atoms with E-state index in [-0.39, 0.29) is 0 Å². The molecule has 0 amide bonds. The zero-order chi connectivity index (χ0) is 23.1. The van der Waals surface area contributed by atoms with E-state index in [4.69, 9.17) is 47.3 Å². The van der Waals surface area contributed by atoms with Gasteiger partial charge in [-0.25, -0.2) is 0 Å². The summed E-state index contributed by atoms with van der Waals surface area (Å²) >= 11 is -4.99. The summed E-state index contributed by atoms with van der Waals surface area (Å²) < 4.78 is 31.8. The predicted molar refractivity (Wildman–Crippen MR) is 127 cm³/mol. The molecule has 0 aliphatic heterocycles. The van der Waals surface area contributed by atoms with Crippen LogP contribution in [-0.4, -0.2) is 79.9 Å². The van der Waals surface area contributed by atoms with Crippen molar-refractivity contribution in [1.82, 2.24) is 0 Å². The molecule has 0 spiro atoms. The summed E-state index contributed by atoms with van der Waals surface area (Å²) in [6, 6.07) is 0. The van der Waals surface area contributed by atoms with Gasteiger partial charge in [-0.05, 0) is 0 Å². The SMILES string of the molecule is NCCCCO[As](OCCCCN)(OCCCCN)(OCCCCN)OCCCCN. The van der Waals surface area contributed by atoms with Crippen LogP contribution in [0, 0.1) is 0 Å². The van der Waals surface area contributed by atoms with Gasteiger partial charge in [0.15, 0.2) is 0 Å². The van der Waals surface area contributed by atoms with E-state index in [0.29, 0.717) is 65.8 Å². The Kier molecular flexibility index (Phi) is 20.8. The van der Waals surface area contributed by atoms with Crippen LogP contribution in [0.5, 0.6) is 0 Å². The number of hydrogen-bond donors (Lipinski definition) is 5. The van der Waals surface area contributed by atoms with Crippen molar-refractivity contribution in [3.8, 4) is 0 Å². The van der Waals surface area contributed by atoms with Crippen molar-refractivity contribution in [3.63, 3.8) is 0 Å². The Labute approximate surface area is 191 Å². The first kappa shape index (κ1) is 31.2. The summed E-state index contributed by atoms with van der Waals surface area (Å²) in [5.74, 6) is 0. The Bertz CT molecular complexity index is 312. The van der Waals surface area contributed by atoms with Gasteiger partial charge >= 0.3 is 191 Å². The number of nitrogens with two attached hydrogens (primary N) is 5. The second-order valence-electron chi connectivity index (χ2n) is 7.39. The molecule has 0 fully saturated rings. The molecule has 0 atom stereocenters. The third-order valence-electron chi connectivity index (χ3n) is 4.50. The van der Waals surface area contributed by atoms with E-state index in [1.165, 1.54) is 0 Å². The number of hydrogen-bond acceptors (Lipinski definition) is 10. The van der Waals surface area contributed by atoms with Crippen molar-refractivity contribution in [1.29, 1.82) is 0 Å².